The van der Waals surface area contributed by atoms with Crippen molar-refractivity contribution in [1.29, 1.82) is 0 Å². The third kappa shape index (κ3) is 4.40. The van der Waals surface area contributed by atoms with Crippen LogP contribution in [0.3, 0.4) is 0 Å². The molecule has 0 aliphatic heterocycles. The molecule has 2 amide bonds. The molecule has 0 aromatic heterocycles. The highest BCUT2D eigenvalue weighted by atomic mass is 16.3. The molecule has 2 aromatic rings. The van der Waals surface area contributed by atoms with E-state index in [1.54, 1.807) is 18.2 Å². The Morgan fingerprint density at radius 3 is 2.35 bits per heavy atom. The molecule has 2 aromatic carbocycles. The van der Waals surface area contributed by atoms with Gasteiger partial charge in [0.25, 0.3) is 0 Å². The van der Waals surface area contributed by atoms with E-state index >= 15 is 0 Å². The number of nitrogens with one attached hydrogen (secondary N) is 2. The quantitative estimate of drug-likeness (QED) is 0.756. The van der Waals surface area contributed by atoms with Crippen molar-refractivity contribution in [2.45, 2.75) is 27.0 Å². The standard InChI is InChI=1S/C18H20N2O3/c1-12-7-8-16(13(2)9-12)20-18(23)17(22)19-10-14-5-3-4-6-15(14)11-21/h3-9,21H,10-11H2,1-2H3,(H,19,22)(H,20,23). The Labute approximate surface area is 135 Å². The first-order valence-corrected chi connectivity index (χ1v) is 7.35. The van der Waals surface area contributed by atoms with Crippen LogP contribution in [0.2, 0.25) is 0 Å². The van der Waals surface area contributed by atoms with E-state index in [2.05, 4.69) is 10.6 Å². The maximum atomic E-state index is 12.0. The molecule has 0 fully saturated rings. The minimum Gasteiger partial charge on any atom is -0.392 e. The van der Waals surface area contributed by atoms with E-state index in [0.29, 0.717) is 5.69 Å². The van der Waals surface area contributed by atoms with Crippen molar-refractivity contribution in [3.05, 3.63) is 64.7 Å². The maximum absolute atomic E-state index is 12.0. The van der Waals surface area contributed by atoms with Crippen LogP contribution in [-0.2, 0) is 22.7 Å². The van der Waals surface area contributed by atoms with Crippen molar-refractivity contribution in [1.82, 2.24) is 5.32 Å². The number of hydrogen-bond donors (Lipinski definition) is 3. The van der Waals surface area contributed by atoms with Crippen molar-refractivity contribution in [3.8, 4) is 0 Å². The molecule has 0 aliphatic rings. The Bertz CT molecular complexity index is 726. The highest BCUT2D eigenvalue weighted by Gasteiger charge is 2.14. The Morgan fingerprint density at radius 1 is 1.00 bits per heavy atom. The first-order chi connectivity index (χ1) is 11.0. The third-order valence-electron chi connectivity index (χ3n) is 3.56. The summed E-state index contributed by atoms with van der Waals surface area (Å²) in [6.45, 7) is 3.92. The lowest BCUT2D eigenvalue weighted by Crippen LogP contribution is -2.35. The van der Waals surface area contributed by atoms with Gasteiger partial charge < -0.3 is 15.7 Å². The molecular formula is C18H20N2O3. The van der Waals surface area contributed by atoms with Crippen LogP contribution in [0.1, 0.15) is 22.3 Å². The number of aliphatic hydroxyl groups is 1. The van der Waals surface area contributed by atoms with Gasteiger partial charge in [0.1, 0.15) is 0 Å². The summed E-state index contributed by atoms with van der Waals surface area (Å²) in [6, 6.07) is 12.8. The number of carbonyl (C=O) groups is 2. The average Bonchev–Trinajstić information content (AvgIpc) is 2.55. The summed E-state index contributed by atoms with van der Waals surface area (Å²) in [5.41, 5.74) is 4.11. The second-order valence-electron chi connectivity index (χ2n) is 5.38. The Morgan fingerprint density at radius 2 is 1.70 bits per heavy atom. The van der Waals surface area contributed by atoms with Gasteiger partial charge in [0.2, 0.25) is 0 Å². The summed E-state index contributed by atoms with van der Waals surface area (Å²) in [7, 11) is 0. The van der Waals surface area contributed by atoms with Crippen molar-refractivity contribution in [3.63, 3.8) is 0 Å². The van der Waals surface area contributed by atoms with E-state index in [4.69, 9.17) is 0 Å². The Kier molecular flexibility index (Phi) is 5.49. The van der Waals surface area contributed by atoms with Gasteiger partial charge >= 0.3 is 11.8 Å². The summed E-state index contributed by atoms with van der Waals surface area (Å²) in [4.78, 5) is 23.9. The summed E-state index contributed by atoms with van der Waals surface area (Å²) in [5.74, 6) is -1.42. The number of aliphatic hydroxyl groups excluding tert-OH is 1. The highest BCUT2D eigenvalue weighted by Crippen LogP contribution is 2.15. The fraction of sp³-hybridized carbons (Fsp3) is 0.222. The number of carbonyl (C=O) groups excluding carboxylic acids is 2. The highest BCUT2D eigenvalue weighted by molar-refractivity contribution is 6.39. The lowest BCUT2D eigenvalue weighted by atomic mass is 10.1. The molecule has 23 heavy (non-hydrogen) atoms. The van der Waals surface area contributed by atoms with Crippen LogP contribution >= 0.6 is 0 Å². The van der Waals surface area contributed by atoms with Crippen molar-refractivity contribution in [2.24, 2.45) is 0 Å². The van der Waals surface area contributed by atoms with Crippen LogP contribution in [0.15, 0.2) is 42.5 Å². The molecular weight excluding hydrogens is 292 g/mol. The van der Waals surface area contributed by atoms with Gasteiger partial charge in [-0.2, -0.15) is 0 Å². The molecule has 0 radical (unpaired) electrons. The van der Waals surface area contributed by atoms with Gasteiger partial charge in [-0.05, 0) is 36.6 Å². The normalized spacial score (nSPS) is 10.2. The molecule has 3 N–H and O–H groups in total. The summed E-state index contributed by atoms with van der Waals surface area (Å²) in [5, 5.41) is 14.4. The molecule has 120 valence electrons. The van der Waals surface area contributed by atoms with E-state index in [1.165, 1.54) is 0 Å². The topological polar surface area (TPSA) is 78.4 Å². The number of amides is 2. The van der Waals surface area contributed by atoms with Gasteiger partial charge in [-0.1, -0.05) is 42.0 Å². The fourth-order valence-corrected chi connectivity index (χ4v) is 2.27. The molecule has 0 bridgehead atoms. The van der Waals surface area contributed by atoms with Gasteiger partial charge in [0.15, 0.2) is 0 Å². The zero-order valence-corrected chi connectivity index (χ0v) is 13.2. The molecule has 5 heteroatoms. The summed E-state index contributed by atoms with van der Waals surface area (Å²) in [6.07, 6.45) is 0. The first-order valence-electron chi connectivity index (χ1n) is 7.35. The van der Waals surface area contributed by atoms with Crippen LogP contribution < -0.4 is 10.6 Å². The second-order valence-corrected chi connectivity index (χ2v) is 5.38. The predicted octanol–water partition coefficient (Wildman–Crippen LogP) is 2.05. The van der Waals surface area contributed by atoms with Crippen LogP contribution in [0.5, 0.6) is 0 Å². The minimum absolute atomic E-state index is 0.110. The molecule has 0 unspecified atom stereocenters. The van der Waals surface area contributed by atoms with Crippen LogP contribution in [0, 0.1) is 13.8 Å². The molecule has 2 rings (SSSR count). The largest absolute Gasteiger partial charge is 0.392 e. The Hall–Kier alpha value is -2.66. The molecule has 0 heterocycles. The van der Waals surface area contributed by atoms with Crippen molar-refractivity contribution < 1.29 is 14.7 Å². The lowest BCUT2D eigenvalue weighted by molar-refractivity contribution is -0.136. The van der Waals surface area contributed by atoms with Gasteiger partial charge in [-0.15, -0.1) is 0 Å². The van der Waals surface area contributed by atoms with Crippen molar-refractivity contribution in [2.75, 3.05) is 5.32 Å². The number of benzene rings is 2. The fourth-order valence-electron chi connectivity index (χ4n) is 2.27. The van der Waals surface area contributed by atoms with Gasteiger partial charge in [0, 0.05) is 12.2 Å². The zero-order valence-electron chi connectivity index (χ0n) is 13.2. The zero-order chi connectivity index (χ0) is 16.8. The third-order valence-corrected chi connectivity index (χ3v) is 3.56. The first kappa shape index (κ1) is 16.7. The van der Waals surface area contributed by atoms with Crippen LogP contribution in [-0.4, -0.2) is 16.9 Å². The van der Waals surface area contributed by atoms with Crippen LogP contribution in [0.25, 0.3) is 0 Å². The molecule has 0 saturated carbocycles. The monoisotopic (exact) mass is 312 g/mol. The number of hydrogen-bond acceptors (Lipinski definition) is 3. The van der Waals surface area contributed by atoms with Crippen molar-refractivity contribution >= 4 is 17.5 Å². The number of rotatable bonds is 4. The molecule has 0 atom stereocenters. The van der Waals surface area contributed by atoms with E-state index in [0.717, 1.165) is 22.3 Å². The van der Waals surface area contributed by atoms with E-state index in [-0.39, 0.29) is 13.2 Å². The second kappa shape index (κ2) is 7.56. The molecule has 0 saturated heterocycles. The van der Waals surface area contributed by atoms with E-state index in [1.807, 2.05) is 38.1 Å². The Balaban J connectivity index is 1.96. The summed E-state index contributed by atoms with van der Waals surface area (Å²) < 4.78 is 0. The average molecular weight is 312 g/mol. The van der Waals surface area contributed by atoms with E-state index < -0.39 is 11.8 Å². The van der Waals surface area contributed by atoms with Gasteiger partial charge in [-0.3, -0.25) is 9.59 Å². The molecule has 0 aliphatic carbocycles. The van der Waals surface area contributed by atoms with Gasteiger partial charge in [0.05, 0.1) is 6.61 Å². The molecule has 5 nitrogen and oxygen atoms in total. The molecule has 0 spiro atoms. The number of anilines is 1. The van der Waals surface area contributed by atoms with Crippen LogP contribution in [0.4, 0.5) is 5.69 Å². The minimum atomic E-state index is -0.710. The SMILES string of the molecule is Cc1ccc(NC(=O)C(=O)NCc2ccccc2CO)c(C)c1. The smallest absolute Gasteiger partial charge is 0.313 e. The summed E-state index contributed by atoms with van der Waals surface area (Å²) >= 11 is 0. The maximum Gasteiger partial charge on any atom is 0.313 e. The lowest BCUT2D eigenvalue weighted by Gasteiger charge is -2.11. The predicted molar refractivity (Wildman–Crippen MR) is 88.8 cm³/mol. The van der Waals surface area contributed by atoms with Gasteiger partial charge in [-0.25, -0.2) is 0 Å². The number of aryl methyl sites for hydroxylation is 2. The van der Waals surface area contributed by atoms with E-state index in [9.17, 15) is 14.7 Å².